The standard InChI is InChI=1S/C29H37N5O2/c1-20-18-26(24-8-6-7-9-25(24)31-20)32-28(36)30-15-17-34-16-14-23(19-34)33(5)27(35)21-10-12-22(13-11-21)29(2,3)4/h6-13,18,23H,14-17,19H2,1-5H3,(H2,30,31,32,36). The summed E-state index contributed by atoms with van der Waals surface area (Å²) in [5, 5.41) is 6.84. The van der Waals surface area contributed by atoms with Gasteiger partial charge in [0.25, 0.3) is 5.91 Å². The largest absolute Gasteiger partial charge is 0.337 e. The minimum absolute atomic E-state index is 0.0553. The van der Waals surface area contributed by atoms with Gasteiger partial charge in [0.15, 0.2) is 0 Å². The normalized spacial score (nSPS) is 16.2. The molecule has 190 valence electrons. The third-order valence-corrected chi connectivity index (χ3v) is 6.92. The van der Waals surface area contributed by atoms with Crippen molar-refractivity contribution in [3.05, 3.63) is 71.4 Å². The van der Waals surface area contributed by atoms with Crippen molar-refractivity contribution in [2.45, 2.75) is 45.6 Å². The lowest BCUT2D eigenvalue weighted by Crippen LogP contribution is -2.40. The smallest absolute Gasteiger partial charge is 0.319 e. The highest BCUT2D eigenvalue weighted by molar-refractivity contribution is 6.00. The van der Waals surface area contributed by atoms with Gasteiger partial charge >= 0.3 is 6.03 Å². The number of amides is 3. The predicted octanol–water partition coefficient (Wildman–Crippen LogP) is 4.81. The number of nitrogens with zero attached hydrogens (tertiary/aromatic N) is 3. The van der Waals surface area contributed by atoms with Crippen LogP contribution in [-0.4, -0.2) is 66.0 Å². The van der Waals surface area contributed by atoms with E-state index in [-0.39, 0.29) is 23.4 Å². The van der Waals surface area contributed by atoms with Gasteiger partial charge in [-0.2, -0.15) is 0 Å². The maximum Gasteiger partial charge on any atom is 0.319 e. The fourth-order valence-corrected chi connectivity index (χ4v) is 4.72. The molecule has 3 amide bonds. The number of carbonyl (C=O) groups is 2. The third-order valence-electron chi connectivity index (χ3n) is 6.92. The van der Waals surface area contributed by atoms with Crippen LogP contribution in [-0.2, 0) is 5.41 Å². The molecule has 2 heterocycles. The Morgan fingerprint density at radius 1 is 1.11 bits per heavy atom. The number of carbonyl (C=O) groups excluding carboxylic acids is 2. The molecule has 1 aliphatic heterocycles. The van der Waals surface area contributed by atoms with Gasteiger partial charge in [-0.3, -0.25) is 14.7 Å². The number of likely N-dealkylation sites (tertiary alicyclic amines) is 1. The zero-order chi connectivity index (χ0) is 25.9. The summed E-state index contributed by atoms with van der Waals surface area (Å²) in [7, 11) is 1.89. The van der Waals surface area contributed by atoms with Gasteiger partial charge in [0.2, 0.25) is 0 Å². The molecule has 7 nitrogen and oxygen atoms in total. The first-order valence-electron chi connectivity index (χ1n) is 12.6. The van der Waals surface area contributed by atoms with Crippen molar-refractivity contribution in [3.63, 3.8) is 0 Å². The number of anilines is 1. The van der Waals surface area contributed by atoms with Gasteiger partial charge in [-0.05, 0) is 48.6 Å². The van der Waals surface area contributed by atoms with E-state index in [1.165, 1.54) is 5.56 Å². The van der Waals surface area contributed by atoms with Crippen LogP contribution in [0.3, 0.4) is 0 Å². The molecule has 0 spiro atoms. The average molecular weight is 488 g/mol. The van der Waals surface area contributed by atoms with E-state index in [1.54, 1.807) is 0 Å². The van der Waals surface area contributed by atoms with Crippen molar-refractivity contribution in [2.24, 2.45) is 0 Å². The van der Waals surface area contributed by atoms with E-state index in [0.717, 1.165) is 53.9 Å². The summed E-state index contributed by atoms with van der Waals surface area (Å²) in [4.78, 5) is 34.2. The van der Waals surface area contributed by atoms with Crippen LogP contribution < -0.4 is 10.6 Å². The number of rotatable bonds is 6. The molecule has 1 unspecified atom stereocenters. The SMILES string of the molecule is Cc1cc(NC(=O)NCCN2CCC(N(C)C(=O)c3ccc(C(C)(C)C)cc3)C2)c2ccccc2n1. The lowest BCUT2D eigenvalue weighted by molar-refractivity contribution is 0.0735. The van der Waals surface area contributed by atoms with E-state index in [9.17, 15) is 9.59 Å². The van der Waals surface area contributed by atoms with E-state index in [1.807, 2.05) is 61.3 Å². The number of nitrogens with one attached hydrogen (secondary N) is 2. The molecule has 1 fully saturated rings. The molecule has 1 aromatic heterocycles. The molecule has 1 saturated heterocycles. The first kappa shape index (κ1) is 25.6. The monoisotopic (exact) mass is 487 g/mol. The minimum Gasteiger partial charge on any atom is -0.337 e. The fraction of sp³-hybridized carbons (Fsp3) is 0.414. The summed E-state index contributed by atoms with van der Waals surface area (Å²) in [5.41, 5.74) is 4.48. The van der Waals surface area contributed by atoms with Crippen molar-refractivity contribution in [3.8, 4) is 0 Å². The van der Waals surface area contributed by atoms with Crippen LogP contribution in [0.5, 0.6) is 0 Å². The highest BCUT2D eigenvalue weighted by atomic mass is 16.2. The number of pyridine rings is 1. The van der Waals surface area contributed by atoms with E-state index in [2.05, 4.69) is 53.4 Å². The van der Waals surface area contributed by atoms with Gasteiger partial charge in [0.05, 0.1) is 11.2 Å². The summed E-state index contributed by atoms with van der Waals surface area (Å²) in [5.74, 6) is 0.0553. The van der Waals surface area contributed by atoms with Crippen LogP contribution in [0.4, 0.5) is 10.5 Å². The first-order chi connectivity index (χ1) is 17.1. The van der Waals surface area contributed by atoms with Gasteiger partial charge in [0, 0.05) is 55.9 Å². The van der Waals surface area contributed by atoms with Crippen LogP contribution in [0.25, 0.3) is 10.9 Å². The predicted molar refractivity (Wildman–Crippen MR) is 146 cm³/mol. The number of likely N-dealkylation sites (N-methyl/N-ethyl adjacent to an activating group) is 1. The number of urea groups is 1. The quantitative estimate of drug-likeness (QED) is 0.523. The molecule has 2 N–H and O–H groups in total. The second kappa shape index (κ2) is 10.7. The van der Waals surface area contributed by atoms with Crippen LogP contribution in [0.2, 0.25) is 0 Å². The Bertz CT molecular complexity index is 1230. The maximum atomic E-state index is 13.0. The zero-order valence-electron chi connectivity index (χ0n) is 22.0. The molecule has 1 atom stereocenters. The highest BCUT2D eigenvalue weighted by Gasteiger charge is 2.29. The third kappa shape index (κ3) is 6.02. The summed E-state index contributed by atoms with van der Waals surface area (Å²) < 4.78 is 0. The van der Waals surface area contributed by atoms with Crippen molar-refractivity contribution in [1.29, 1.82) is 0 Å². The molecule has 7 heteroatoms. The summed E-state index contributed by atoms with van der Waals surface area (Å²) >= 11 is 0. The Hall–Kier alpha value is -3.45. The zero-order valence-corrected chi connectivity index (χ0v) is 22.0. The molecular weight excluding hydrogens is 450 g/mol. The Kier molecular flexibility index (Phi) is 7.59. The van der Waals surface area contributed by atoms with Crippen molar-refractivity contribution in [1.82, 2.24) is 20.1 Å². The maximum absolute atomic E-state index is 13.0. The topological polar surface area (TPSA) is 77.6 Å². The van der Waals surface area contributed by atoms with Crippen molar-refractivity contribution >= 4 is 28.5 Å². The van der Waals surface area contributed by atoms with Crippen molar-refractivity contribution < 1.29 is 9.59 Å². The molecule has 0 aliphatic carbocycles. The number of para-hydroxylation sites is 1. The van der Waals surface area contributed by atoms with Crippen LogP contribution in [0.15, 0.2) is 54.6 Å². The highest BCUT2D eigenvalue weighted by Crippen LogP contribution is 2.24. The second-order valence-corrected chi connectivity index (χ2v) is 10.7. The molecule has 0 bridgehead atoms. The first-order valence-corrected chi connectivity index (χ1v) is 12.6. The summed E-state index contributed by atoms with van der Waals surface area (Å²) in [6.07, 6.45) is 0.927. The van der Waals surface area contributed by atoms with Crippen LogP contribution >= 0.6 is 0 Å². The van der Waals surface area contributed by atoms with Crippen LogP contribution in [0.1, 0.15) is 48.8 Å². The van der Waals surface area contributed by atoms with Gasteiger partial charge in [-0.15, -0.1) is 0 Å². The molecule has 1 aliphatic rings. The number of hydrogen-bond acceptors (Lipinski definition) is 4. The number of benzene rings is 2. The van der Waals surface area contributed by atoms with Crippen molar-refractivity contribution in [2.75, 3.05) is 38.5 Å². The van der Waals surface area contributed by atoms with Gasteiger partial charge < -0.3 is 15.5 Å². The average Bonchev–Trinajstić information content (AvgIpc) is 3.31. The molecule has 3 aromatic rings. The Balaban J connectivity index is 1.25. The number of aromatic nitrogens is 1. The lowest BCUT2D eigenvalue weighted by atomic mass is 9.86. The summed E-state index contributed by atoms with van der Waals surface area (Å²) in [6, 6.07) is 17.6. The summed E-state index contributed by atoms with van der Waals surface area (Å²) in [6.45, 7) is 11.4. The van der Waals surface area contributed by atoms with Gasteiger partial charge in [-0.1, -0.05) is 51.1 Å². The minimum atomic E-state index is -0.229. The molecule has 4 rings (SSSR count). The molecule has 2 aromatic carbocycles. The molecule has 0 radical (unpaired) electrons. The number of fused-ring (bicyclic) bond motifs is 1. The van der Waals surface area contributed by atoms with E-state index in [4.69, 9.17) is 0 Å². The number of aryl methyl sites for hydroxylation is 1. The Morgan fingerprint density at radius 3 is 2.56 bits per heavy atom. The Morgan fingerprint density at radius 2 is 1.83 bits per heavy atom. The lowest BCUT2D eigenvalue weighted by Gasteiger charge is -2.26. The van der Waals surface area contributed by atoms with Crippen LogP contribution in [0, 0.1) is 6.92 Å². The second-order valence-electron chi connectivity index (χ2n) is 10.7. The Labute approximate surface area is 213 Å². The van der Waals surface area contributed by atoms with E-state index >= 15 is 0 Å². The molecule has 36 heavy (non-hydrogen) atoms. The van der Waals surface area contributed by atoms with E-state index in [0.29, 0.717) is 6.54 Å². The van der Waals surface area contributed by atoms with Gasteiger partial charge in [0.1, 0.15) is 0 Å². The molecular formula is C29H37N5O2. The molecule has 0 saturated carbocycles. The number of hydrogen-bond donors (Lipinski definition) is 2. The fourth-order valence-electron chi connectivity index (χ4n) is 4.72. The van der Waals surface area contributed by atoms with Gasteiger partial charge in [-0.25, -0.2) is 4.79 Å². The van der Waals surface area contributed by atoms with E-state index < -0.39 is 0 Å².